The molecule has 0 radical (unpaired) electrons. The van der Waals surface area contributed by atoms with Crippen molar-refractivity contribution in [3.63, 3.8) is 0 Å². The van der Waals surface area contributed by atoms with Gasteiger partial charge in [0.05, 0.1) is 22.9 Å². The smallest absolute Gasteiger partial charge is 0.318 e. The molecule has 120 valence electrons. The number of halogens is 2. The molecule has 0 saturated heterocycles. The molecule has 6 nitrogen and oxygen atoms in total. The normalized spacial score (nSPS) is 10.2. The lowest BCUT2D eigenvalue weighted by Gasteiger charge is -2.03. The van der Waals surface area contributed by atoms with E-state index < -0.39 is 11.8 Å². The number of rotatable bonds is 3. The first-order valence-corrected chi connectivity index (χ1v) is 7.35. The summed E-state index contributed by atoms with van der Waals surface area (Å²) < 4.78 is 0. The summed E-state index contributed by atoms with van der Waals surface area (Å²) in [4.78, 5) is 23.4. The number of carbonyl (C=O) groups excluding carboxylic acids is 2. The minimum Gasteiger partial charge on any atom is -0.318 e. The van der Waals surface area contributed by atoms with Crippen LogP contribution in [0, 0.1) is 11.3 Å². The predicted molar refractivity (Wildman–Crippen MR) is 92.0 cm³/mol. The summed E-state index contributed by atoms with van der Waals surface area (Å²) in [5, 5.41) is 15.6. The molecule has 0 saturated carbocycles. The number of benzene rings is 2. The van der Waals surface area contributed by atoms with E-state index in [4.69, 9.17) is 28.5 Å². The second kappa shape index (κ2) is 8.11. The molecule has 0 aliphatic carbocycles. The maximum atomic E-state index is 11.7. The highest BCUT2D eigenvalue weighted by Crippen LogP contribution is 2.19. The summed E-state index contributed by atoms with van der Waals surface area (Å²) >= 11 is 11.7. The monoisotopic (exact) mass is 360 g/mol. The molecule has 2 aromatic rings. The first-order chi connectivity index (χ1) is 11.5. The van der Waals surface area contributed by atoms with E-state index in [9.17, 15) is 9.59 Å². The van der Waals surface area contributed by atoms with Crippen LogP contribution in [0.1, 0.15) is 11.1 Å². The minimum atomic E-state index is -0.944. The van der Waals surface area contributed by atoms with Gasteiger partial charge in [-0.3, -0.25) is 9.59 Å². The van der Waals surface area contributed by atoms with E-state index in [2.05, 4.69) is 15.8 Å². The SMILES string of the molecule is N#Cc1ccc(NC(=O)C(=O)N/N=C/c2ccc(Cl)cc2Cl)cc1. The van der Waals surface area contributed by atoms with Crippen molar-refractivity contribution in [1.82, 2.24) is 5.43 Å². The van der Waals surface area contributed by atoms with E-state index in [0.29, 0.717) is 26.9 Å². The second-order valence-electron chi connectivity index (χ2n) is 4.51. The van der Waals surface area contributed by atoms with Gasteiger partial charge in [-0.05, 0) is 36.4 Å². The summed E-state index contributed by atoms with van der Waals surface area (Å²) in [7, 11) is 0. The number of hydrogen-bond donors (Lipinski definition) is 2. The van der Waals surface area contributed by atoms with Crippen LogP contribution in [0.15, 0.2) is 47.6 Å². The standard InChI is InChI=1S/C16H10Cl2N4O2/c17-12-4-3-11(14(18)7-12)9-20-22-16(24)15(23)21-13-5-1-10(8-19)2-6-13/h1-7,9H,(H,21,23)(H,22,24)/b20-9+. The number of hydrogen-bond acceptors (Lipinski definition) is 4. The summed E-state index contributed by atoms with van der Waals surface area (Å²) in [6.07, 6.45) is 1.30. The Kier molecular flexibility index (Phi) is 5.90. The zero-order valence-electron chi connectivity index (χ0n) is 12.1. The molecule has 0 aliphatic heterocycles. The van der Waals surface area contributed by atoms with Gasteiger partial charge in [0.2, 0.25) is 0 Å². The van der Waals surface area contributed by atoms with Gasteiger partial charge in [-0.25, -0.2) is 5.43 Å². The Morgan fingerprint density at radius 3 is 2.42 bits per heavy atom. The Hall–Kier alpha value is -2.88. The Labute approximate surface area is 147 Å². The fourth-order valence-corrected chi connectivity index (χ4v) is 2.09. The van der Waals surface area contributed by atoms with Crippen LogP contribution in [-0.2, 0) is 9.59 Å². The van der Waals surface area contributed by atoms with Crippen LogP contribution in [0.25, 0.3) is 0 Å². The summed E-state index contributed by atoms with van der Waals surface area (Å²) in [5.74, 6) is -1.83. The Balaban J connectivity index is 1.92. The van der Waals surface area contributed by atoms with Gasteiger partial charge in [0, 0.05) is 16.3 Å². The lowest BCUT2D eigenvalue weighted by atomic mass is 10.2. The first kappa shape index (κ1) is 17.5. The average molecular weight is 361 g/mol. The molecule has 2 N–H and O–H groups in total. The third kappa shape index (κ3) is 4.81. The minimum absolute atomic E-state index is 0.363. The van der Waals surface area contributed by atoms with E-state index in [1.54, 1.807) is 12.1 Å². The van der Waals surface area contributed by atoms with Crippen molar-refractivity contribution in [3.05, 3.63) is 63.6 Å². The maximum Gasteiger partial charge on any atom is 0.329 e. The zero-order chi connectivity index (χ0) is 17.5. The molecule has 0 aromatic heterocycles. The van der Waals surface area contributed by atoms with Gasteiger partial charge < -0.3 is 5.32 Å². The summed E-state index contributed by atoms with van der Waals surface area (Å²) in [6.45, 7) is 0. The van der Waals surface area contributed by atoms with E-state index in [1.807, 2.05) is 6.07 Å². The summed E-state index contributed by atoms with van der Waals surface area (Å²) in [6, 6.07) is 12.8. The topological polar surface area (TPSA) is 94.4 Å². The molecular weight excluding hydrogens is 351 g/mol. The Bertz CT molecular complexity index is 842. The van der Waals surface area contributed by atoms with Crippen molar-refractivity contribution in [3.8, 4) is 6.07 Å². The molecule has 2 amide bonds. The molecule has 8 heteroatoms. The molecule has 0 spiro atoms. The fraction of sp³-hybridized carbons (Fsp3) is 0. The van der Waals surface area contributed by atoms with Crippen molar-refractivity contribution < 1.29 is 9.59 Å². The van der Waals surface area contributed by atoms with Crippen LogP contribution in [-0.4, -0.2) is 18.0 Å². The van der Waals surface area contributed by atoms with Crippen molar-refractivity contribution in [1.29, 1.82) is 5.26 Å². The number of nitriles is 1. The van der Waals surface area contributed by atoms with Crippen LogP contribution in [0.2, 0.25) is 10.0 Å². The van der Waals surface area contributed by atoms with Crippen LogP contribution in [0.4, 0.5) is 5.69 Å². The Morgan fingerprint density at radius 2 is 1.79 bits per heavy atom. The van der Waals surface area contributed by atoms with Gasteiger partial charge in [-0.1, -0.05) is 29.3 Å². The van der Waals surface area contributed by atoms with Gasteiger partial charge in [-0.2, -0.15) is 10.4 Å². The number of carbonyl (C=O) groups is 2. The van der Waals surface area contributed by atoms with E-state index in [-0.39, 0.29) is 0 Å². The molecular formula is C16H10Cl2N4O2. The van der Waals surface area contributed by atoms with E-state index in [0.717, 1.165) is 0 Å². The van der Waals surface area contributed by atoms with E-state index >= 15 is 0 Å². The molecule has 0 heterocycles. The van der Waals surface area contributed by atoms with Crippen LogP contribution >= 0.6 is 23.2 Å². The van der Waals surface area contributed by atoms with Crippen LogP contribution < -0.4 is 10.7 Å². The predicted octanol–water partition coefficient (Wildman–Crippen LogP) is 2.95. The average Bonchev–Trinajstić information content (AvgIpc) is 2.57. The number of nitrogens with zero attached hydrogens (tertiary/aromatic N) is 2. The number of nitrogens with one attached hydrogen (secondary N) is 2. The molecule has 24 heavy (non-hydrogen) atoms. The largest absolute Gasteiger partial charge is 0.329 e. The molecule has 0 atom stereocenters. The molecule has 0 fully saturated rings. The highest BCUT2D eigenvalue weighted by atomic mass is 35.5. The van der Waals surface area contributed by atoms with Gasteiger partial charge in [-0.15, -0.1) is 0 Å². The van der Waals surface area contributed by atoms with Gasteiger partial charge >= 0.3 is 11.8 Å². The second-order valence-corrected chi connectivity index (χ2v) is 5.35. The van der Waals surface area contributed by atoms with Crippen molar-refractivity contribution in [2.45, 2.75) is 0 Å². The third-order valence-electron chi connectivity index (χ3n) is 2.81. The van der Waals surface area contributed by atoms with Gasteiger partial charge in [0.15, 0.2) is 0 Å². The first-order valence-electron chi connectivity index (χ1n) is 6.59. The highest BCUT2D eigenvalue weighted by molar-refractivity contribution is 6.39. The lowest BCUT2D eigenvalue weighted by Crippen LogP contribution is -2.32. The van der Waals surface area contributed by atoms with Crippen LogP contribution in [0.3, 0.4) is 0 Å². The quantitative estimate of drug-likeness (QED) is 0.500. The Morgan fingerprint density at radius 1 is 1.08 bits per heavy atom. The van der Waals surface area contributed by atoms with Crippen LogP contribution in [0.5, 0.6) is 0 Å². The molecule has 2 rings (SSSR count). The highest BCUT2D eigenvalue weighted by Gasteiger charge is 2.12. The fourth-order valence-electron chi connectivity index (χ4n) is 1.63. The molecule has 0 unspecified atom stereocenters. The van der Waals surface area contributed by atoms with Gasteiger partial charge in [0.1, 0.15) is 0 Å². The van der Waals surface area contributed by atoms with Gasteiger partial charge in [0.25, 0.3) is 0 Å². The maximum absolute atomic E-state index is 11.7. The molecule has 0 aliphatic rings. The molecule has 0 bridgehead atoms. The van der Waals surface area contributed by atoms with E-state index in [1.165, 1.54) is 36.5 Å². The zero-order valence-corrected chi connectivity index (χ0v) is 13.6. The van der Waals surface area contributed by atoms with Crippen molar-refractivity contribution >= 4 is 46.9 Å². The lowest BCUT2D eigenvalue weighted by molar-refractivity contribution is -0.136. The number of hydrazone groups is 1. The van der Waals surface area contributed by atoms with Crippen molar-refractivity contribution in [2.24, 2.45) is 5.10 Å². The number of anilines is 1. The number of amides is 2. The van der Waals surface area contributed by atoms with Crippen molar-refractivity contribution in [2.75, 3.05) is 5.32 Å². The third-order valence-corrected chi connectivity index (χ3v) is 3.37. The molecule has 2 aromatic carbocycles. The summed E-state index contributed by atoms with van der Waals surface area (Å²) in [5.41, 5.74) is 3.46.